The molecule has 0 saturated heterocycles. The summed E-state index contributed by atoms with van der Waals surface area (Å²) in [6.07, 6.45) is 0. The molecular formula is C26H22Cl2Si. The molecule has 144 valence electrons. The summed E-state index contributed by atoms with van der Waals surface area (Å²) in [5, 5.41) is 0. The second kappa shape index (κ2) is 9.00. The molecule has 0 fully saturated rings. The lowest BCUT2D eigenvalue weighted by Gasteiger charge is -2.36. The van der Waals surface area contributed by atoms with E-state index in [0.717, 1.165) is 22.3 Å². The molecule has 0 aliphatic heterocycles. The van der Waals surface area contributed by atoms with Crippen LogP contribution in [0.3, 0.4) is 0 Å². The van der Waals surface area contributed by atoms with Crippen molar-refractivity contribution < 1.29 is 0 Å². The largest absolute Gasteiger partial charge is 0.274 e. The summed E-state index contributed by atoms with van der Waals surface area (Å²) < 4.78 is 0. The van der Waals surface area contributed by atoms with Crippen molar-refractivity contribution in [2.45, 2.75) is 11.1 Å². The molecule has 0 saturated carbocycles. The number of benzene rings is 4. The molecule has 0 aliphatic carbocycles. The zero-order chi connectivity index (χ0) is 20.1. The lowest BCUT2D eigenvalue weighted by molar-refractivity contribution is 1.02. The van der Waals surface area contributed by atoms with Crippen LogP contribution in [-0.4, -0.2) is 6.69 Å². The minimum Gasteiger partial charge on any atom is -0.144 e. The fraction of sp³-hybridized carbons (Fsp3) is 0.0769. The van der Waals surface area contributed by atoms with Crippen LogP contribution >= 0.6 is 22.2 Å². The number of halogens is 2. The highest BCUT2D eigenvalue weighted by Gasteiger charge is 2.48. The zero-order valence-electron chi connectivity index (χ0n) is 16.0. The Morgan fingerprint density at radius 2 is 0.586 bits per heavy atom. The van der Waals surface area contributed by atoms with Crippen molar-refractivity contribution in [3.63, 3.8) is 0 Å². The van der Waals surface area contributed by atoms with E-state index in [-0.39, 0.29) is 11.1 Å². The molecule has 3 heteroatoms. The molecule has 0 spiro atoms. The lowest BCUT2D eigenvalue weighted by Crippen LogP contribution is -2.39. The molecule has 0 N–H and O–H groups in total. The first-order valence-electron chi connectivity index (χ1n) is 9.75. The van der Waals surface area contributed by atoms with Gasteiger partial charge in [-0.3, -0.25) is 0 Å². The minimum atomic E-state index is -2.98. The Bertz CT molecular complexity index is 855. The van der Waals surface area contributed by atoms with Crippen molar-refractivity contribution in [3.8, 4) is 0 Å². The highest BCUT2D eigenvalue weighted by molar-refractivity contribution is 7.46. The Morgan fingerprint density at radius 3 is 0.793 bits per heavy atom. The predicted octanol–water partition coefficient (Wildman–Crippen LogP) is 7.65. The summed E-state index contributed by atoms with van der Waals surface area (Å²) in [6.45, 7) is -2.98. The van der Waals surface area contributed by atoms with Crippen molar-refractivity contribution in [2.24, 2.45) is 0 Å². The first kappa shape index (κ1) is 20.0. The van der Waals surface area contributed by atoms with E-state index < -0.39 is 6.69 Å². The molecule has 0 amide bonds. The molecule has 4 rings (SSSR count). The molecule has 0 nitrogen and oxygen atoms in total. The van der Waals surface area contributed by atoms with Crippen LogP contribution in [0, 0.1) is 0 Å². The molecule has 0 unspecified atom stereocenters. The van der Waals surface area contributed by atoms with Crippen LogP contribution in [0.25, 0.3) is 0 Å². The Morgan fingerprint density at radius 1 is 0.379 bits per heavy atom. The van der Waals surface area contributed by atoms with E-state index in [1.807, 2.05) is 24.3 Å². The van der Waals surface area contributed by atoms with Gasteiger partial charge in [0, 0.05) is 11.1 Å². The fourth-order valence-electron chi connectivity index (χ4n) is 4.02. The molecular weight excluding hydrogens is 411 g/mol. The highest BCUT2D eigenvalue weighted by Crippen LogP contribution is 2.49. The number of rotatable bonds is 6. The van der Waals surface area contributed by atoms with Crippen molar-refractivity contribution in [1.29, 1.82) is 0 Å². The van der Waals surface area contributed by atoms with E-state index >= 15 is 0 Å². The summed E-state index contributed by atoms with van der Waals surface area (Å²) in [5.41, 5.74) is 4.52. The Labute approximate surface area is 183 Å². The number of hydrogen-bond donors (Lipinski definition) is 0. The lowest BCUT2D eigenvalue weighted by atomic mass is 10.0. The zero-order valence-corrected chi connectivity index (χ0v) is 18.5. The standard InChI is InChI=1S/C26H22Cl2Si/c27-29(28,25(21-13-5-1-6-14-21)22-15-7-2-8-16-22)26(23-17-9-3-10-18-23)24-19-11-4-12-20-24/h1-20,25-26H. The number of hydrogen-bond acceptors (Lipinski definition) is 0. The molecule has 0 aromatic heterocycles. The van der Waals surface area contributed by atoms with E-state index in [2.05, 4.69) is 97.1 Å². The normalized spacial score (nSPS) is 11.7. The van der Waals surface area contributed by atoms with Crippen LogP contribution in [0.2, 0.25) is 0 Å². The summed E-state index contributed by atoms with van der Waals surface area (Å²) in [4.78, 5) is 0. The molecule has 0 heterocycles. The van der Waals surface area contributed by atoms with Crippen LogP contribution in [0.1, 0.15) is 33.3 Å². The van der Waals surface area contributed by atoms with Crippen LogP contribution in [-0.2, 0) is 0 Å². The van der Waals surface area contributed by atoms with Gasteiger partial charge in [-0.15, -0.1) is 22.2 Å². The molecule has 4 aromatic carbocycles. The van der Waals surface area contributed by atoms with Crippen LogP contribution < -0.4 is 0 Å². The molecule has 4 aromatic rings. The first-order valence-corrected chi connectivity index (χ1v) is 13.9. The van der Waals surface area contributed by atoms with E-state index in [0.29, 0.717) is 0 Å². The third-order valence-electron chi connectivity index (χ3n) is 5.30. The van der Waals surface area contributed by atoms with Gasteiger partial charge in [0.25, 0.3) is 6.69 Å². The first-order chi connectivity index (χ1) is 14.2. The van der Waals surface area contributed by atoms with Gasteiger partial charge in [-0.25, -0.2) is 0 Å². The Kier molecular flexibility index (Phi) is 6.20. The quantitative estimate of drug-likeness (QED) is 0.216. The average Bonchev–Trinajstić information content (AvgIpc) is 2.77. The summed E-state index contributed by atoms with van der Waals surface area (Å²) in [5.74, 6) is 0. The van der Waals surface area contributed by atoms with E-state index in [1.54, 1.807) is 0 Å². The van der Waals surface area contributed by atoms with Crippen LogP contribution in [0.4, 0.5) is 0 Å². The van der Waals surface area contributed by atoms with Crippen LogP contribution in [0.5, 0.6) is 0 Å². The van der Waals surface area contributed by atoms with Gasteiger partial charge in [0.05, 0.1) is 0 Å². The maximum atomic E-state index is 7.51. The van der Waals surface area contributed by atoms with Gasteiger partial charge in [0.15, 0.2) is 0 Å². The fourth-order valence-corrected chi connectivity index (χ4v) is 9.93. The van der Waals surface area contributed by atoms with Gasteiger partial charge in [-0.1, -0.05) is 121 Å². The minimum absolute atomic E-state index is 0.0568. The second-order valence-corrected chi connectivity index (χ2v) is 14.0. The monoisotopic (exact) mass is 432 g/mol. The smallest absolute Gasteiger partial charge is 0.144 e. The average molecular weight is 433 g/mol. The Balaban J connectivity index is 1.91. The van der Waals surface area contributed by atoms with Gasteiger partial charge in [-0.2, -0.15) is 0 Å². The van der Waals surface area contributed by atoms with Crippen molar-refractivity contribution in [1.82, 2.24) is 0 Å². The van der Waals surface area contributed by atoms with E-state index in [1.165, 1.54) is 0 Å². The second-order valence-electron chi connectivity index (χ2n) is 7.18. The molecule has 0 radical (unpaired) electrons. The highest BCUT2D eigenvalue weighted by atomic mass is 35.7. The molecule has 0 bridgehead atoms. The molecule has 29 heavy (non-hydrogen) atoms. The van der Waals surface area contributed by atoms with Crippen molar-refractivity contribution >= 4 is 28.9 Å². The van der Waals surface area contributed by atoms with Crippen molar-refractivity contribution in [3.05, 3.63) is 144 Å². The predicted molar refractivity (Wildman–Crippen MR) is 127 cm³/mol. The third-order valence-corrected chi connectivity index (χ3v) is 10.8. The Hall–Kier alpha value is -2.32. The van der Waals surface area contributed by atoms with Gasteiger partial charge >= 0.3 is 0 Å². The van der Waals surface area contributed by atoms with Gasteiger partial charge in [0.2, 0.25) is 0 Å². The van der Waals surface area contributed by atoms with Gasteiger partial charge in [-0.05, 0) is 22.3 Å². The summed E-state index contributed by atoms with van der Waals surface area (Å²) in [6, 6.07) is 41.7. The maximum absolute atomic E-state index is 7.51. The third kappa shape index (κ3) is 4.33. The summed E-state index contributed by atoms with van der Waals surface area (Å²) >= 11 is 15.0. The van der Waals surface area contributed by atoms with Gasteiger partial charge < -0.3 is 0 Å². The summed E-state index contributed by atoms with van der Waals surface area (Å²) in [7, 11) is 0. The van der Waals surface area contributed by atoms with E-state index in [4.69, 9.17) is 22.2 Å². The van der Waals surface area contributed by atoms with Crippen molar-refractivity contribution in [2.75, 3.05) is 0 Å². The van der Waals surface area contributed by atoms with Crippen LogP contribution in [0.15, 0.2) is 121 Å². The van der Waals surface area contributed by atoms with E-state index in [9.17, 15) is 0 Å². The van der Waals surface area contributed by atoms with Gasteiger partial charge in [0.1, 0.15) is 0 Å². The maximum Gasteiger partial charge on any atom is 0.274 e. The SMILES string of the molecule is Cl[Si](Cl)(C(c1ccccc1)c1ccccc1)C(c1ccccc1)c1ccccc1. The molecule has 0 atom stereocenters. The molecule has 0 aliphatic rings. The topological polar surface area (TPSA) is 0 Å².